The van der Waals surface area contributed by atoms with Gasteiger partial charge in [-0.2, -0.15) is 0 Å². The molecule has 1 aliphatic carbocycles. The molecule has 0 radical (unpaired) electrons. The lowest BCUT2D eigenvalue weighted by atomic mass is 10.1. The highest BCUT2D eigenvalue weighted by molar-refractivity contribution is 5.44. The van der Waals surface area contributed by atoms with E-state index in [1.165, 1.54) is 11.1 Å². The van der Waals surface area contributed by atoms with Crippen LogP contribution in [0.4, 0.5) is 0 Å². The highest BCUT2D eigenvalue weighted by atomic mass is 16.5. The van der Waals surface area contributed by atoms with E-state index in [0.717, 1.165) is 25.0 Å². The van der Waals surface area contributed by atoms with Crippen molar-refractivity contribution in [1.82, 2.24) is 0 Å². The van der Waals surface area contributed by atoms with E-state index in [1.54, 1.807) is 0 Å². The van der Waals surface area contributed by atoms with Crippen molar-refractivity contribution >= 4 is 0 Å². The van der Waals surface area contributed by atoms with E-state index in [9.17, 15) is 0 Å². The first-order chi connectivity index (χ1) is 7.33. The number of fused-ring (bicyclic) bond motifs is 1. The number of hydrogen-bond donors (Lipinski definition) is 1. The van der Waals surface area contributed by atoms with Crippen molar-refractivity contribution in [3.8, 4) is 5.75 Å². The molecule has 0 saturated carbocycles. The monoisotopic (exact) mass is 203 g/mol. The van der Waals surface area contributed by atoms with Crippen molar-refractivity contribution in [2.75, 3.05) is 6.61 Å². The van der Waals surface area contributed by atoms with Crippen molar-refractivity contribution in [2.45, 2.75) is 25.3 Å². The fraction of sp³-hybridized carbons (Fsp3) is 0.385. The maximum atomic E-state index is 6.00. The lowest BCUT2D eigenvalue weighted by molar-refractivity contribution is 0.322. The summed E-state index contributed by atoms with van der Waals surface area (Å²) in [5.74, 6) is 1.00. The van der Waals surface area contributed by atoms with Gasteiger partial charge in [-0.3, -0.25) is 0 Å². The molecule has 0 fully saturated rings. The Hall–Kier alpha value is -1.28. The fourth-order valence-electron chi connectivity index (χ4n) is 2.04. The molecule has 0 spiro atoms. The summed E-state index contributed by atoms with van der Waals surface area (Å²) < 4.78 is 5.71. The van der Waals surface area contributed by atoms with Crippen LogP contribution in [0.3, 0.4) is 0 Å². The van der Waals surface area contributed by atoms with Crippen LogP contribution in [0.25, 0.3) is 0 Å². The van der Waals surface area contributed by atoms with E-state index in [-0.39, 0.29) is 6.04 Å². The Morgan fingerprint density at radius 1 is 1.53 bits per heavy atom. The van der Waals surface area contributed by atoms with E-state index < -0.39 is 0 Å². The molecule has 1 aromatic rings. The van der Waals surface area contributed by atoms with Crippen LogP contribution in [0.2, 0.25) is 0 Å². The molecular formula is C13H17NO. The summed E-state index contributed by atoms with van der Waals surface area (Å²) in [6, 6.07) is 6.35. The first-order valence-corrected chi connectivity index (χ1v) is 5.44. The van der Waals surface area contributed by atoms with Crippen molar-refractivity contribution in [3.05, 3.63) is 42.0 Å². The molecule has 0 aromatic heterocycles. The third-order valence-corrected chi connectivity index (χ3v) is 2.85. The minimum Gasteiger partial charge on any atom is -0.493 e. The van der Waals surface area contributed by atoms with Gasteiger partial charge in [0.1, 0.15) is 5.75 Å². The zero-order chi connectivity index (χ0) is 10.7. The molecule has 0 bridgehead atoms. The average Bonchev–Trinajstić information content (AvgIpc) is 2.62. The Morgan fingerprint density at radius 3 is 3.20 bits per heavy atom. The summed E-state index contributed by atoms with van der Waals surface area (Å²) in [5, 5.41) is 0. The second-order valence-electron chi connectivity index (χ2n) is 3.89. The van der Waals surface area contributed by atoms with Crippen molar-refractivity contribution < 1.29 is 4.74 Å². The maximum absolute atomic E-state index is 6.00. The Kier molecular flexibility index (Phi) is 3.07. The van der Waals surface area contributed by atoms with E-state index in [1.807, 2.05) is 18.2 Å². The second kappa shape index (κ2) is 4.49. The summed E-state index contributed by atoms with van der Waals surface area (Å²) in [6.45, 7) is 4.38. The third kappa shape index (κ3) is 2.05. The number of hydrogen-bond acceptors (Lipinski definition) is 2. The van der Waals surface area contributed by atoms with Gasteiger partial charge in [0.15, 0.2) is 0 Å². The van der Waals surface area contributed by atoms with Crippen molar-refractivity contribution in [2.24, 2.45) is 5.73 Å². The molecule has 2 nitrogen and oxygen atoms in total. The predicted octanol–water partition coefficient (Wildman–Crippen LogP) is 2.59. The second-order valence-corrected chi connectivity index (χ2v) is 3.89. The zero-order valence-electron chi connectivity index (χ0n) is 8.91. The van der Waals surface area contributed by atoms with Crippen LogP contribution in [-0.2, 0) is 6.42 Å². The van der Waals surface area contributed by atoms with Crippen LogP contribution in [0, 0.1) is 0 Å². The topological polar surface area (TPSA) is 35.2 Å². The van der Waals surface area contributed by atoms with E-state index in [2.05, 4.69) is 12.6 Å². The van der Waals surface area contributed by atoms with Crippen LogP contribution in [0.5, 0.6) is 5.75 Å². The summed E-state index contributed by atoms with van der Waals surface area (Å²) in [5.41, 5.74) is 8.55. The molecular weight excluding hydrogens is 186 g/mol. The largest absolute Gasteiger partial charge is 0.493 e. The normalized spacial score (nSPS) is 18.6. The summed E-state index contributed by atoms with van der Waals surface area (Å²) in [6.07, 6.45) is 4.84. The van der Waals surface area contributed by atoms with Crippen LogP contribution < -0.4 is 10.5 Å². The standard InChI is InChI=1S/C13H17NO/c1-2-3-9-15-13-6-4-5-10-11(13)7-8-12(10)14/h2,4-6,12H,1,3,7-9,14H2. The van der Waals surface area contributed by atoms with Crippen molar-refractivity contribution in [1.29, 1.82) is 0 Å². The first kappa shape index (κ1) is 10.2. The van der Waals surface area contributed by atoms with E-state index >= 15 is 0 Å². The molecule has 0 saturated heterocycles. The molecule has 1 atom stereocenters. The Bertz CT molecular complexity index is 360. The molecule has 1 aromatic carbocycles. The molecule has 2 N–H and O–H groups in total. The van der Waals surface area contributed by atoms with Gasteiger partial charge in [-0.1, -0.05) is 18.2 Å². The van der Waals surface area contributed by atoms with E-state index in [0.29, 0.717) is 6.61 Å². The SMILES string of the molecule is C=CCCOc1cccc2c1CCC2N. The van der Waals surface area contributed by atoms with Gasteiger partial charge in [0.05, 0.1) is 6.61 Å². The lowest BCUT2D eigenvalue weighted by Gasteiger charge is -2.10. The summed E-state index contributed by atoms with van der Waals surface area (Å²) in [4.78, 5) is 0. The molecule has 80 valence electrons. The third-order valence-electron chi connectivity index (χ3n) is 2.85. The van der Waals surface area contributed by atoms with Gasteiger partial charge in [-0.15, -0.1) is 6.58 Å². The smallest absolute Gasteiger partial charge is 0.122 e. The molecule has 1 unspecified atom stereocenters. The van der Waals surface area contributed by atoms with Gasteiger partial charge in [-0.25, -0.2) is 0 Å². The quantitative estimate of drug-likeness (QED) is 0.603. The number of benzene rings is 1. The predicted molar refractivity (Wildman–Crippen MR) is 62.0 cm³/mol. The van der Waals surface area contributed by atoms with Gasteiger partial charge < -0.3 is 10.5 Å². The van der Waals surface area contributed by atoms with Crippen LogP contribution in [0.15, 0.2) is 30.9 Å². The summed E-state index contributed by atoms with van der Waals surface area (Å²) in [7, 11) is 0. The van der Waals surface area contributed by atoms with Gasteiger partial charge in [0, 0.05) is 6.04 Å². The molecule has 0 amide bonds. The van der Waals surface area contributed by atoms with E-state index in [4.69, 9.17) is 10.5 Å². The highest BCUT2D eigenvalue weighted by Crippen LogP contribution is 2.35. The minimum absolute atomic E-state index is 0.197. The maximum Gasteiger partial charge on any atom is 0.122 e. The number of ether oxygens (including phenoxy) is 1. The molecule has 15 heavy (non-hydrogen) atoms. The highest BCUT2D eigenvalue weighted by Gasteiger charge is 2.21. The van der Waals surface area contributed by atoms with Gasteiger partial charge in [0.2, 0.25) is 0 Å². The molecule has 1 aliphatic rings. The Morgan fingerprint density at radius 2 is 2.40 bits per heavy atom. The van der Waals surface area contributed by atoms with Crippen LogP contribution in [-0.4, -0.2) is 6.61 Å². The lowest BCUT2D eigenvalue weighted by Crippen LogP contribution is -2.05. The zero-order valence-corrected chi connectivity index (χ0v) is 8.91. The average molecular weight is 203 g/mol. The minimum atomic E-state index is 0.197. The number of nitrogens with two attached hydrogens (primary N) is 1. The number of rotatable bonds is 4. The molecule has 0 aliphatic heterocycles. The Balaban J connectivity index is 2.15. The molecule has 0 heterocycles. The van der Waals surface area contributed by atoms with Gasteiger partial charge >= 0.3 is 0 Å². The van der Waals surface area contributed by atoms with Crippen LogP contribution >= 0.6 is 0 Å². The van der Waals surface area contributed by atoms with Crippen LogP contribution in [0.1, 0.15) is 30.0 Å². The fourth-order valence-corrected chi connectivity index (χ4v) is 2.04. The Labute approximate surface area is 90.7 Å². The summed E-state index contributed by atoms with van der Waals surface area (Å²) >= 11 is 0. The van der Waals surface area contributed by atoms with Gasteiger partial charge in [0.25, 0.3) is 0 Å². The molecule has 2 heteroatoms. The molecule has 2 rings (SSSR count). The first-order valence-electron chi connectivity index (χ1n) is 5.44. The van der Waals surface area contributed by atoms with Crippen molar-refractivity contribution in [3.63, 3.8) is 0 Å². The van der Waals surface area contributed by atoms with Gasteiger partial charge in [-0.05, 0) is 36.5 Å².